The lowest BCUT2D eigenvalue weighted by atomic mass is 10.0. The van der Waals surface area contributed by atoms with Gasteiger partial charge in [0.05, 0.1) is 5.57 Å². The second kappa shape index (κ2) is 7.62. The van der Waals surface area contributed by atoms with Crippen molar-refractivity contribution in [3.05, 3.63) is 102 Å². The van der Waals surface area contributed by atoms with Crippen LogP contribution in [0.1, 0.15) is 11.1 Å². The highest BCUT2D eigenvalue weighted by Gasteiger charge is 2.38. The first-order valence-electron chi connectivity index (χ1n) is 7.71. The minimum atomic E-state index is -4.46. The highest BCUT2D eigenvalue weighted by atomic mass is 32.2. The van der Waals surface area contributed by atoms with E-state index in [1.165, 1.54) is 12.1 Å². The average molecular weight is 356 g/mol. The number of halogens is 3. The third kappa shape index (κ3) is 4.34. The van der Waals surface area contributed by atoms with E-state index in [1.54, 1.807) is 48.5 Å². The Bertz CT molecular complexity index is 839. The zero-order chi connectivity index (χ0) is 17.7. The minimum absolute atomic E-state index is 0.164. The van der Waals surface area contributed by atoms with E-state index in [-0.39, 0.29) is 10.5 Å². The van der Waals surface area contributed by atoms with Gasteiger partial charge in [0.2, 0.25) is 0 Å². The largest absolute Gasteiger partial charge is 0.418 e. The summed E-state index contributed by atoms with van der Waals surface area (Å²) < 4.78 is 41.9. The Balaban J connectivity index is 2.23. The molecule has 25 heavy (non-hydrogen) atoms. The van der Waals surface area contributed by atoms with E-state index >= 15 is 0 Å². The first kappa shape index (κ1) is 17.4. The minimum Gasteiger partial charge on any atom is -0.166 e. The molecule has 0 aliphatic rings. The molecule has 0 fully saturated rings. The quantitative estimate of drug-likeness (QED) is 0.361. The third-order valence-electron chi connectivity index (χ3n) is 3.57. The number of alkyl halides is 3. The van der Waals surface area contributed by atoms with Crippen LogP contribution in [0.3, 0.4) is 0 Å². The van der Waals surface area contributed by atoms with E-state index in [0.717, 1.165) is 16.7 Å². The van der Waals surface area contributed by atoms with Crippen molar-refractivity contribution in [1.29, 1.82) is 0 Å². The molecule has 0 radical (unpaired) electrons. The SMILES string of the molecule is FC(F)(F)/C(=C(/Sc1ccccc1)c1ccccc1)c1ccccc1. The van der Waals surface area contributed by atoms with Crippen LogP contribution in [0.4, 0.5) is 13.2 Å². The van der Waals surface area contributed by atoms with Crippen LogP contribution in [0.5, 0.6) is 0 Å². The van der Waals surface area contributed by atoms with E-state index < -0.39 is 11.7 Å². The molecule has 0 saturated carbocycles. The van der Waals surface area contributed by atoms with E-state index in [0.29, 0.717) is 5.56 Å². The van der Waals surface area contributed by atoms with Crippen LogP contribution >= 0.6 is 11.8 Å². The summed E-state index contributed by atoms with van der Waals surface area (Å²) in [5.41, 5.74) is 0.0953. The lowest BCUT2D eigenvalue weighted by Gasteiger charge is -2.18. The molecule has 126 valence electrons. The molecule has 0 aromatic heterocycles. The van der Waals surface area contributed by atoms with Crippen molar-refractivity contribution >= 4 is 22.2 Å². The molecular weight excluding hydrogens is 341 g/mol. The molecule has 0 saturated heterocycles. The molecular formula is C21H15F3S. The number of hydrogen-bond acceptors (Lipinski definition) is 1. The van der Waals surface area contributed by atoms with Crippen LogP contribution in [0.25, 0.3) is 10.5 Å². The molecule has 0 unspecified atom stereocenters. The topological polar surface area (TPSA) is 0 Å². The third-order valence-corrected chi connectivity index (χ3v) is 4.72. The van der Waals surface area contributed by atoms with Gasteiger partial charge in [0.15, 0.2) is 0 Å². The summed E-state index contributed by atoms with van der Waals surface area (Å²) in [5, 5.41) is 0. The van der Waals surface area contributed by atoms with Crippen molar-refractivity contribution in [1.82, 2.24) is 0 Å². The van der Waals surface area contributed by atoms with Gasteiger partial charge in [-0.1, -0.05) is 90.6 Å². The van der Waals surface area contributed by atoms with Crippen molar-refractivity contribution in [3.8, 4) is 0 Å². The van der Waals surface area contributed by atoms with Gasteiger partial charge in [-0.25, -0.2) is 0 Å². The summed E-state index contributed by atoms with van der Waals surface area (Å²) >= 11 is 1.13. The molecule has 0 heterocycles. The maximum Gasteiger partial charge on any atom is 0.418 e. The van der Waals surface area contributed by atoms with Crippen LogP contribution < -0.4 is 0 Å². The average Bonchev–Trinajstić information content (AvgIpc) is 2.63. The second-order valence-electron chi connectivity index (χ2n) is 5.35. The Morgan fingerprint density at radius 3 is 1.52 bits per heavy atom. The Morgan fingerprint density at radius 1 is 0.600 bits per heavy atom. The molecule has 0 aliphatic heterocycles. The Kier molecular flexibility index (Phi) is 5.29. The van der Waals surface area contributed by atoms with Gasteiger partial charge < -0.3 is 0 Å². The fourth-order valence-corrected chi connectivity index (χ4v) is 3.60. The second-order valence-corrected chi connectivity index (χ2v) is 6.43. The Morgan fingerprint density at radius 2 is 1.04 bits per heavy atom. The number of benzene rings is 3. The summed E-state index contributed by atoms with van der Waals surface area (Å²) in [6.07, 6.45) is -4.46. The van der Waals surface area contributed by atoms with Gasteiger partial charge in [-0.15, -0.1) is 0 Å². The number of allylic oxidation sites excluding steroid dienone is 1. The van der Waals surface area contributed by atoms with Crippen LogP contribution in [-0.2, 0) is 0 Å². The van der Waals surface area contributed by atoms with Gasteiger partial charge in [0.1, 0.15) is 0 Å². The van der Waals surface area contributed by atoms with Gasteiger partial charge in [0.25, 0.3) is 0 Å². The lowest BCUT2D eigenvalue weighted by Crippen LogP contribution is -2.12. The molecule has 0 N–H and O–H groups in total. The normalized spacial score (nSPS) is 12.6. The standard InChI is InChI=1S/C21H15F3S/c22-21(23,24)19(16-10-4-1-5-11-16)20(17-12-6-2-7-13-17)25-18-14-8-3-9-15-18/h1-15H/b20-19+. The van der Waals surface area contributed by atoms with Crippen LogP contribution in [0.2, 0.25) is 0 Å². The van der Waals surface area contributed by atoms with Gasteiger partial charge in [-0.05, 0) is 23.3 Å². The first-order chi connectivity index (χ1) is 12.1. The molecule has 0 spiro atoms. The summed E-state index contributed by atoms with van der Waals surface area (Å²) in [4.78, 5) is 0.963. The van der Waals surface area contributed by atoms with Crippen LogP contribution in [0.15, 0.2) is 95.9 Å². The maximum atomic E-state index is 14.0. The Labute approximate surface area is 149 Å². The predicted molar refractivity (Wildman–Crippen MR) is 98.1 cm³/mol. The first-order valence-corrected chi connectivity index (χ1v) is 8.52. The molecule has 0 atom stereocenters. The van der Waals surface area contributed by atoms with Gasteiger partial charge in [0, 0.05) is 9.80 Å². The van der Waals surface area contributed by atoms with E-state index in [9.17, 15) is 13.2 Å². The molecule has 3 aromatic carbocycles. The summed E-state index contributed by atoms with van der Waals surface area (Å²) in [5.74, 6) is 0. The maximum absolute atomic E-state index is 14.0. The monoisotopic (exact) mass is 356 g/mol. The van der Waals surface area contributed by atoms with E-state index in [2.05, 4.69) is 0 Å². The molecule has 0 nitrogen and oxygen atoms in total. The molecule has 3 aromatic rings. The summed E-state index contributed by atoms with van der Waals surface area (Å²) in [6.45, 7) is 0. The van der Waals surface area contributed by atoms with Crippen molar-refractivity contribution in [2.24, 2.45) is 0 Å². The van der Waals surface area contributed by atoms with Gasteiger partial charge in [-0.3, -0.25) is 0 Å². The van der Waals surface area contributed by atoms with Crippen molar-refractivity contribution in [3.63, 3.8) is 0 Å². The molecule has 0 bridgehead atoms. The number of thioether (sulfide) groups is 1. The smallest absolute Gasteiger partial charge is 0.166 e. The molecule has 0 aliphatic carbocycles. The van der Waals surface area contributed by atoms with Crippen LogP contribution in [-0.4, -0.2) is 6.18 Å². The highest BCUT2D eigenvalue weighted by Crippen LogP contribution is 2.46. The van der Waals surface area contributed by atoms with E-state index in [4.69, 9.17) is 0 Å². The Hall–Kier alpha value is -2.46. The van der Waals surface area contributed by atoms with Crippen molar-refractivity contribution < 1.29 is 13.2 Å². The summed E-state index contributed by atoms with van der Waals surface area (Å²) in [6, 6.07) is 25.8. The van der Waals surface area contributed by atoms with Crippen molar-refractivity contribution in [2.75, 3.05) is 0 Å². The fraction of sp³-hybridized carbons (Fsp3) is 0.0476. The van der Waals surface area contributed by atoms with Crippen molar-refractivity contribution in [2.45, 2.75) is 11.1 Å². The van der Waals surface area contributed by atoms with Gasteiger partial charge in [-0.2, -0.15) is 13.2 Å². The van der Waals surface area contributed by atoms with Gasteiger partial charge >= 0.3 is 6.18 Å². The zero-order valence-corrected chi connectivity index (χ0v) is 14.0. The molecule has 3 rings (SSSR count). The lowest BCUT2D eigenvalue weighted by molar-refractivity contribution is -0.0684. The summed E-state index contributed by atoms with van der Waals surface area (Å²) in [7, 11) is 0. The van der Waals surface area contributed by atoms with E-state index in [1.807, 2.05) is 30.3 Å². The zero-order valence-electron chi connectivity index (χ0n) is 13.2. The molecule has 4 heteroatoms. The highest BCUT2D eigenvalue weighted by molar-refractivity contribution is 8.08. The number of rotatable bonds is 4. The van der Waals surface area contributed by atoms with Crippen LogP contribution in [0, 0.1) is 0 Å². The fourth-order valence-electron chi connectivity index (χ4n) is 2.48. The molecule has 0 amide bonds. The number of hydrogen-bond donors (Lipinski definition) is 0. The predicted octanol–water partition coefficient (Wildman–Crippen LogP) is 6.91.